The van der Waals surface area contributed by atoms with Crippen molar-refractivity contribution in [1.82, 2.24) is 10.2 Å². The quantitative estimate of drug-likeness (QED) is 0.431. The molecule has 0 atom stereocenters. The first-order chi connectivity index (χ1) is 14.6. The molecule has 0 aliphatic heterocycles. The van der Waals surface area contributed by atoms with Crippen LogP contribution in [0.25, 0.3) is 22.9 Å². The van der Waals surface area contributed by atoms with Gasteiger partial charge in [0.15, 0.2) is 0 Å². The van der Waals surface area contributed by atoms with E-state index in [9.17, 15) is 4.79 Å². The fourth-order valence-electron chi connectivity index (χ4n) is 2.83. The predicted molar refractivity (Wildman–Crippen MR) is 116 cm³/mol. The van der Waals surface area contributed by atoms with Gasteiger partial charge < -0.3 is 19.8 Å². The van der Waals surface area contributed by atoms with Crippen LogP contribution in [0.5, 0.6) is 5.75 Å². The van der Waals surface area contributed by atoms with Gasteiger partial charge in [-0.1, -0.05) is 35.9 Å². The molecule has 0 saturated carbocycles. The molecule has 2 N–H and O–H groups in total. The third-order valence-electron chi connectivity index (χ3n) is 4.22. The van der Waals surface area contributed by atoms with Crippen molar-refractivity contribution in [1.29, 1.82) is 0 Å². The van der Waals surface area contributed by atoms with E-state index in [0.29, 0.717) is 39.5 Å². The highest BCUT2D eigenvalue weighted by atomic mass is 35.5. The van der Waals surface area contributed by atoms with E-state index in [4.69, 9.17) is 20.8 Å². The molecular formula is C22H17ClN4O3. The Morgan fingerprint density at radius 1 is 0.900 bits per heavy atom. The molecule has 4 aromatic rings. The highest BCUT2D eigenvalue weighted by Gasteiger charge is 2.12. The van der Waals surface area contributed by atoms with E-state index in [1.54, 1.807) is 36.4 Å². The van der Waals surface area contributed by atoms with Gasteiger partial charge in [-0.2, -0.15) is 0 Å². The maximum absolute atomic E-state index is 12.4. The van der Waals surface area contributed by atoms with Crippen molar-refractivity contribution < 1.29 is 13.9 Å². The van der Waals surface area contributed by atoms with Gasteiger partial charge in [0.2, 0.25) is 11.8 Å². The fourth-order valence-corrected chi connectivity index (χ4v) is 3.00. The Balaban J connectivity index is 1.50. The molecule has 0 saturated heterocycles. The van der Waals surface area contributed by atoms with Gasteiger partial charge in [0, 0.05) is 21.8 Å². The predicted octanol–water partition coefficient (Wildman–Crippen LogP) is 5.71. The topological polar surface area (TPSA) is 89.3 Å². The molecule has 0 unspecified atom stereocenters. The molecule has 7 nitrogen and oxygen atoms in total. The number of nitrogens with zero attached hydrogens (tertiary/aromatic N) is 2. The van der Waals surface area contributed by atoms with E-state index in [1.807, 2.05) is 36.4 Å². The van der Waals surface area contributed by atoms with Gasteiger partial charge in [-0.25, -0.2) is 4.79 Å². The zero-order chi connectivity index (χ0) is 20.9. The minimum absolute atomic E-state index is 0.356. The van der Waals surface area contributed by atoms with Crippen LogP contribution < -0.4 is 15.4 Å². The zero-order valence-corrected chi connectivity index (χ0v) is 16.7. The number of nitrogens with one attached hydrogen (secondary N) is 2. The first-order valence-corrected chi connectivity index (χ1v) is 9.41. The molecule has 3 aromatic carbocycles. The van der Waals surface area contributed by atoms with Crippen LogP contribution in [-0.2, 0) is 0 Å². The number of hydrogen-bond donors (Lipinski definition) is 2. The van der Waals surface area contributed by atoms with Crippen LogP contribution in [0, 0.1) is 0 Å². The first-order valence-electron chi connectivity index (χ1n) is 9.03. The lowest BCUT2D eigenvalue weighted by Gasteiger charge is -2.11. The Morgan fingerprint density at radius 3 is 2.40 bits per heavy atom. The van der Waals surface area contributed by atoms with Gasteiger partial charge in [0.25, 0.3) is 0 Å². The van der Waals surface area contributed by atoms with Gasteiger partial charge in [-0.05, 0) is 48.5 Å². The van der Waals surface area contributed by atoms with Crippen LogP contribution >= 0.6 is 11.6 Å². The number of aromatic nitrogens is 2. The van der Waals surface area contributed by atoms with Crippen molar-refractivity contribution in [2.24, 2.45) is 0 Å². The molecule has 0 radical (unpaired) electrons. The molecule has 1 aromatic heterocycles. The lowest BCUT2D eigenvalue weighted by atomic mass is 10.2. The smallest absolute Gasteiger partial charge is 0.323 e. The van der Waals surface area contributed by atoms with Crippen molar-refractivity contribution in [3.63, 3.8) is 0 Å². The van der Waals surface area contributed by atoms with E-state index in [2.05, 4.69) is 20.8 Å². The van der Waals surface area contributed by atoms with Crippen LogP contribution in [0.15, 0.2) is 77.2 Å². The number of amides is 2. The Labute approximate surface area is 177 Å². The first kappa shape index (κ1) is 19.5. The Kier molecular flexibility index (Phi) is 5.63. The summed E-state index contributed by atoms with van der Waals surface area (Å²) < 4.78 is 11.0. The van der Waals surface area contributed by atoms with Gasteiger partial charge in [-0.3, -0.25) is 0 Å². The number of hydrogen-bond acceptors (Lipinski definition) is 5. The largest absolute Gasteiger partial charge is 0.495 e. The van der Waals surface area contributed by atoms with Crippen LogP contribution in [-0.4, -0.2) is 23.3 Å². The standard InChI is InChI=1S/C22H17ClN4O3/c1-29-19-11-10-16(23)13-18(19)25-22(28)24-17-9-5-8-15(12-17)21-27-26-20(30-21)14-6-3-2-4-7-14/h2-13H,1H3,(H2,24,25,28). The van der Waals surface area contributed by atoms with E-state index in [-0.39, 0.29) is 0 Å². The maximum Gasteiger partial charge on any atom is 0.323 e. The summed E-state index contributed by atoms with van der Waals surface area (Å²) in [4.78, 5) is 12.4. The number of benzene rings is 3. The maximum atomic E-state index is 12.4. The number of carbonyl (C=O) groups is 1. The van der Waals surface area contributed by atoms with Gasteiger partial charge >= 0.3 is 6.03 Å². The molecule has 4 rings (SSSR count). The number of rotatable bonds is 5. The molecule has 150 valence electrons. The van der Waals surface area contributed by atoms with Gasteiger partial charge in [0.1, 0.15) is 5.75 Å². The van der Waals surface area contributed by atoms with E-state index >= 15 is 0 Å². The summed E-state index contributed by atoms with van der Waals surface area (Å²) in [7, 11) is 1.52. The monoisotopic (exact) mass is 420 g/mol. The minimum atomic E-state index is -0.441. The number of ether oxygens (including phenoxy) is 1. The third kappa shape index (κ3) is 4.42. The normalized spacial score (nSPS) is 10.5. The molecule has 30 heavy (non-hydrogen) atoms. The van der Waals surface area contributed by atoms with E-state index in [1.165, 1.54) is 7.11 Å². The number of methoxy groups -OCH3 is 1. The second-order valence-corrected chi connectivity index (χ2v) is 6.72. The second kappa shape index (κ2) is 8.67. The van der Waals surface area contributed by atoms with Crippen molar-refractivity contribution in [3.05, 3.63) is 77.8 Å². The lowest BCUT2D eigenvalue weighted by Crippen LogP contribution is -2.19. The highest BCUT2D eigenvalue weighted by Crippen LogP contribution is 2.28. The second-order valence-electron chi connectivity index (χ2n) is 6.28. The molecule has 0 aliphatic carbocycles. The van der Waals surface area contributed by atoms with Crippen molar-refractivity contribution >= 4 is 29.0 Å². The average molecular weight is 421 g/mol. The molecule has 0 bridgehead atoms. The summed E-state index contributed by atoms with van der Waals surface area (Å²) >= 11 is 6.00. The number of urea groups is 1. The molecular weight excluding hydrogens is 404 g/mol. The molecule has 1 heterocycles. The summed E-state index contributed by atoms with van der Waals surface area (Å²) in [6.45, 7) is 0. The highest BCUT2D eigenvalue weighted by molar-refractivity contribution is 6.31. The Hall–Kier alpha value is -3.84. The lowest BCUT2D eigenvalue weighted by molar-refractivity contribution is 0.262. The van der Waals surface area contributed by atoms with Crippen LogP contribution in [0.2, 0.25) is 5.02 Å². The summed E-state index contributed by atoms with van der Waals surface area (Å²) in [5, 5.41) is 14.2. The molecule has 2 amide bonds. The van der Waals surface area contributed by atoms with Crippen molar-refractivity contribution in [2.75, 3.05) is 17.7 Å². The minimum Gasteiger partial charge on any atom is -0.495 e. The Bertz CT molecular complexity index is 1180. The number of halogens is 1. The molecule has 0 fully saturated rings. The van der Waals surface area contributed by atoms with Gasteiger partial charge in [-0.15, -0.1) is 10.2 Å². The summed E-state index contributed by atoms with van der Waals surface area (Å²) in [6.07, 6.45) is 0. The zero-order valence-electron chi connectivity index (χ0n) is 15.9. The number of anilines is 2. The summed E-state index contributed by atoms with van der Waals surface area (Å²) in [6, 6.07) is 21.1. The molecule has 8 heteroatoms. The summed E-state index contributed by atoms with van der Waals surface area (Å²) in [5.74, 6) is 1.28. The van der Waals surface area contributed by atoms with Gasteiger partial charge in [0.05, 0.1) is 12.8 Å². The average Bonchev–Trinajstić information content (AvgIpc) is 3.25. The van der Waals surface area contributed by atoms with E-state index in [0.717, 1.165) is 5.56 Å². The van der Waals surface area contributed by atoms with Crippen LogP contribution in [0.1, 0.15) is 0 Å². The van der Waals surface area contributed by atoms with E-state index < -0.39 is 6.03 Å². The third-order valence-corrected chi connectivity index (χ3v) is 4.46. The number of carbonyl (C=O) groups excluding carboxylic acids is 1. The summed E-state index contributed by atoms with van der Waals surface area (Å²) in [5.41, 5.74) is 2.54. The SMILES string of the molecule is COc1ccc(Cl)cc1NC(=O)Nc1cccc(-c2nnc(-c3ccccc3)o2)c1. The molecule has 0 spiro atoms. The Morgan fingerprint density at radius 2 is 1.63 bits per heavy atom. The molecule has 0 aliphatic rings. The van der Waals surface area contributed by atoms with Crippen LogP contribution in [0.4, 0.5) is 16.2 Å². The van der Waals surface area contributed by atoms with Crippen LogP contribution in [0.3, 0.4) is 0 Å². The van der Waals surface area contributed by atoms with Crippen molar-refractivity contribution in [2.45, 2.75) is 0 Å². The van der Waals surface area contributed by atoms with Crippen molar-refractivity contribution in [3.8, 4) is 28.7 Å². The fraction of sp³-hybridized carbons (Fsp3) is 0.0455.